The summed E-state index contributed by atoms with van der Waals surface area (Å²) in [5.41, 5.74) is 2.59. The molecular formula is C11H13NO. The Bertz CT molecular complexity index is 342. The molecule has 0 aliphatic carbocycles. The van der Waals surface area contributed by atoms with Crippen LogP contribution in [0.1, 0.15) is 15.9 Å². The minimum absolute atomic E-state index is 0.0481. The smallest absolute Gasteiger partial charge is 0.187 e. The molecule has 0 unspecified atom stereocenters. The summed E-state index contributed by atoms with van der Waals surface area (Å²) in [4.78, 5) is 11.4. The fourth-order valence-corrected chi connectivity index (χ4v) is 1.19. The van der Waals surface area contributed by atoms with E-state index < -0.39 is 0 Å². The molecule has 0 saturated carbocycles. The topological polar surface area (TPSA) is 29.1 Å². The van der Waals surface area contributed by atoms with E-state index in [2.05, 4.69) is 11.9 Å². The van der Waals surface area contributed by atoms with E-state index in [4.69, 9.17) is 0 Å². The van der Waals surface area contributed by atoms with E-state index in [1.165, 1.54) is 6.08 Å². The van der Waals surface area contributed by atoms with Gasteiger partial charge in [-0.2, -0.15) is 0 Å². The Balaban J connectivity index is 3.23. The molecule has 13 heavy (non-hydrogen) atoms. The van der Waals surface area contributed by atoms with Crippen LogP contribution in [0.15, 0.2) is 30.9 Å². The van der Waals surface area contributed by atoms with Crippen LogP contribution in [0, 0.1) is 6.92 Å². The number of anilines is 1. The molecule has 68 valence electrons. The van der Waals surface area contributed by atoms with Gasteiger partial charge in [0.2, 0.25) is 0 Å². The predicted octanol–water partition coefficient (Wildman–Crippen LogP) is 2.41. The molecule has 0 aliphatic heterocycles. The first-order valence-electron chi connectivity index (χ1n) is 4.14. The molecule has 1 rings (SSSR count). The second-order valence-corrected chi connectivity index (χ2v) is 2.87. The number of nitrogens with one attached hydrogen (secondary N) is 1. The molecule has 0 aromatic heterocycles. The first-order valence-corrected chi connectivity index (χ1v) is 4.14. The maximum atomic E-state index is 11.4. The van der Waals surface area contributed by atoms with E-state index in [1.807, 2.05) is 25.1 Å². The Labute approximate surface area is 78.3 Å². The second-order valence-electron chi connectivity index (χ2n) is 2.87. The van der Waals surface area contributed by atoms with E-state index in [-0.39, 0.29) is 5.78 Å². The minimum Gasteiger partial charge on any atom is -0.388 e. The van der Waals surface area contributed by atoms with E-state index in [0.717, 1.165) is 11.3 Å². The SMILES string of the molecule is C=CC(=O)c1cc(C)ccc1NC. The van der Waals surface area contributed by atoms with E-state index >= 15 is 0 Å². The fourth-order valence-electron chi connectivity index (χ4n) is 1.19. The quantitative estimate of drug-likeness (QED) is 0.564. The van der Waals surface area contributed by atoms with Crippen LogP contribution >= 0.6 is 0 Å². The first-order chi connectivity index (χ1) is 6.19. The summed E-state index contributed by atoms with van der Waals surface area (Å²) in [5.74, 6) is -0.0481. The number of ketones is 1. The molecule has 0 bridgehead atoms. The maximum Gasteiger partial charge on any atom is 0.187 e. The van der Waals surface area contributed by atoms with Crippen molar-refractivity contribution in [2.45, 2.75) is 6.92 Å². The molecule has 0 radical (unpaired) electrons. The highest BCUT2D eigenvalue weighted by molar-refractivity contribution is 6.08. The lowest BCUT2D eigenvalue weighted by Crippen LogP contribution is -2.01. The lowest BCUT2D eigenvalue weighted by atomic mass is 10.1. The highest BCUT2D eigenvalue weighted by Gasteiger charge is 2.06. The molecule has 0 fully saturated rings. The minimum atomic E-state index is -0.0481. The van der Waals surface area contributed by atoms with Crippen molar-refractivity contribution < 1.29 is 4.79 Å². The second kappa shape index (κ2) is 3.90. The zero-order valence-corrected chi connectivity index (χ0v) is 7.92. The van der Waals surface area contributed by atoms with Crippen molar-refractivity contribution in [2.24, 2.45) is 0 Å². The Hall–Kier alpha value is -1.57. The molecule has 0 atom stereocenters. The summed E-state index contributed by atoms with van der Waals surface area (Å²) < 4.78 is 0. The van der Waals surface area contributed by atoms with Gasteiger partial charge in [-0.05, 0) is 25.1 Å². The maximum absolute atomic E-state index is 11.4. The van der Waals surface area contributed by atoms with Gasteiger partial charge in [-0.25, -0.2) is 0 Å². The Morgan fingerprint density at radius 3 is 2.77 bits per heavy atom. The van der Waals surface area contributed by atoms with Crippen molar-refractivity contribution in [3.05, 3.63) is 42.0 Å². The third-order valence-electron chi connectivity index (χ3n) is 1.90. The molecule has 1 aromatic carbocycles. The van der Waals surface area contributed by atoms with Gasteiger partial charge in [0.1, 0.15) is 0 Å². The van der Waals surface area contributed by atoms with Crippen molar-refractivity contribution >= 4 is 11.5 Å². The highest BCUT2D eigenvalue weighted by Crippen LogP contribution is 2.17. The van der Waals surface area contributed by atoms with E-state index in [9.17, 15) is 4.79 Å². The number of carbonyl (C=O) groups is 1. The summed E-state index contributed by atoms with van der Waals surface area (Å²) in [6.45, 7) is 5.42. The van der Waals surface area contributed by atoms with Gasteiger partial charge in [-0.15, -0.1) is 0 Å². The Morgan fingerprint density at radius 1 is 1.54 bits per heavy atom. The summed E-state index contributed by atoms with van der Waals surface area (Å²) >= 11 is 0. The molecule has 0 heterocycles. The largest absolute Gasteiger partial charge is 0.388 e. The number of allylic oxidation sites excluding steroid dienone is 1. The van der Waals surface area contributed by atoms with Crippen LogP contribution in [0.3, 0.4) is 0 Å². The molecular weight excluding hydrogens is 162 g/mol. The molecule has 0 aliphatic rings. The first kappa shape index (κ1) is 9.52. The molecule has 2 heteroatoms. The number of hydrogen-bond acceptors (Lipinski definition) is 2. The summed E-state index contributed by atoms with van der Waals surface area (Å²) in [7, 11) is 1.80. The van der Waals surface area contributed by atoms with Crippen LogP contribution in [0.5, 0.6) is 0 Å². The highest BCUT2D eigenvalue weighted by atomic mass is 16.1. The zero-order chi connectivity index (χ0) is 9.84. The van der Waals surface area contributed by atoms with Gasteiger partial charge in [0.25, 0.3) is 0 Å². The van der Waals surface area contributed by atoms with Crippen LogP contribution < -0.4 is 5.32 Å². The van der Waals surface area contributed by atoms with Crippen molar-refractivity contribution in [3.63, 3.8) is 0 Å². The van der Waals surface area contributed by atoms with Gasteiger partial charge in [0.05, 0.1) is 0 Å². The Morgan fingerprint density at radius 2 is 2.23 bits per heavy atom. The van der Waals surface area contributed by atoms with E-state index in [0.29, 0.717) is 5.56 Å². The normalized spacial score (nSPS) is 9.38. The monoisotopic (exact) mass is 175 g/mol. The van der Waals surface area contributed by atoms with E-state index in [1.54, 1.807) is 7.05 Å². The summed E-state index contributed by atoms with van der Waals surface area (Å²) in [6, 6.07) is 5.72. The predicted molar refractivity (Wildman–Crippen MR) is 55.3 cm³/mol. The molecule has 1 aromatic rings. The molecule has 0 amide bonds. The van der Waals surface area contributed by atoms with Crippen molar-refractivity contribution in [3.8, 4) is 0 Å². The third kappa shape index (κ3) is 1.96. The average molecular weight is 175 g/mol. The standard InChI is InChI=1S/C11H13NO/c1-4-11(13)9-7-8(2)5-6-10(9)12-3/h4-7,12H,1H2,2-3H3. The van der Waals surface area contributed by atoms with Crippen LogP contribution in [-0.2, 0) is 0 Å². The van der Waals surface area contributed by atoms with Gasteiger partial charge in [0.15, 0.2) is 5.78 Å². The van der Waals surface area contributed by atoms with Gasteiger partial charge in [0, 0.05) is 18.3 Å². The van der Waals surface area contributed by atoms with Crippen LogP contribution in [-0.4, -0.2) is 12.8 Å². The van der Waals surface area contributed by atoms with Crippen LogP contribution in [0.25, 0.3) is 0 Å². The summed E-state index contributed by atoms with van der Waals surface area (Å²) in [6.07, 6.45) is 1.33. The van der Waals surface area contributed by atoms with Gasteiger partial charge < -0.3 is 5.32 Å². The number of rotatable bonds is 3. The van der Waals surface area contributed by atoms with Gasteiger partial charge in [-0.3, -0.25) is 4.79 Å². The molecule has 0 spiro atoms. The molecule has 1 N–H and O–H groups in total. The number of carbonyl (C=O) groups excluding carboxylic acids is 1. The van der Waals surface area contributed by atoms with Gasteiger partial charge in [-0.1, -0.05) is 18.2 Å². The van der Waals surface area contributed by atoms with Gasteiger partial charge >= 0.3 is 0 Å². The number of benzene rings is 1. The zero-order valence-electron chi connectivity index (χ0n) is 7.92. The number of aryl methyl sites for hydroxylation is 1. The molecule has 0 saturated heterocycles. The summed E-state index contributed by atoms with van der Waals surface area (Å²) in [5, 5.41) is 2.97. The van der Waals surface area contributed by atoms with Crippen LogP contribution in [0.2, 0.25) is 0 Å². The molecule has 2 nitrogen and oxygen atoms in total. The van der Waals surface area contributed by atoms with Crippen LogP contribution in [0.4, 0.5) is 5.69 Å². The fraction of sp³-hybridized carbons (Fsp3) is 0.182. The lowest BCUT2D eigenvalue weighted by Gasteiger charge is -2.06. The number of hydrogen-bond donors (Lipinski definition) is 1. The van der Waals surface area contributed by atoms with Crippen molar-refractivity contribution in [1.82, 2.24) is 0 Å². The van der Waals surface area contributed by atoms with Crippen molar-refractivity contribution in [1.29, 1.82) is 0 Å². The third-order valence-corrected chi connectivity index (χ3v) is 1.90. The van der Waals surface area contributed by atoms with Crippen molar-refractivity contribution in [2.75, 3.05) is 12.4 Å². The lowest BCUT2D eigenvalue weighted by molar-refractivity contribution is 0.104. The Kier molecular flexibility index (Phi) is 2.85. The average Bonchev–Trinajstić information content (AvgIpc) is 2.16.